The summed E-state index contributed by atoms with van der Waals surface area (Å²) in [6.07, 6.45) is -1.05. The molecule has 1 N–H and O–H groups in total. The minimum atomic E-state index is -1.05. The van der Waals surface area contributed by atoms with E-state index in [0.717, 1.165) is 18.2 Å². The Morgan fingerprint density at radius 3 is 2.65 bits per heavy atom. The van der Waals surface area contributed by atoms with E-state index in [0.29, 0.717) is 45.8 Å². The molecule has 0 aromatic heterocycles. The number of nitrogens with zero attached hydrogens (tertiary/aromatic N) is 2. The number of carbonyl (C=O) groups is 1. The molecule has 0 radical (unpaired) electrons. The van der Waals surface area contributed by atoms with Crippen molar-refractivity contribution in [2.75, 3.05) is 39.3 Å². The molecule has 128 valence electrons. The van der Waals surface area contributed by atoms with Gasteiger partial charge in [-0.05, 0) is 31.5 Å². The number of hydrogen-bond acceptors (Lipinski definition) is 4. The minimum absolute atomic E-state index is 0.0184. The molecule has 1 aromatic rings. The molecule has 7 heteroatoms. The Morgan fingerprint density at radius 1 is 1.30 bits per heavy atom. The molecule has 23 heavy (non-hydrogen) atoms. The summed E-state index contributed by atoms with van der Waals surface area (Å²) >= 11 is 0. The zero-order chi connectivity index (χ0) is 16.8. The molecule has 1 amide bonds. The Bertz CT molecular complexity index is 534. The Hall–Kier alpha value is -1.73. The van der Waals surface area contributed by atoms with E-state index in [1.165, 1.54) is 0 Å². The zero-order valence-corrected chi connectivity index (χ0v) is 13.2. The fraction of sp³-hybridized carbons (Fsp3) is 0.562. The van der Waals surface area contributed by atoms with Gasteiger partial charge in [-0.3, -0.25) is 4.90 Å². The number of aliphatic hydroxyl groups is 1. The standard InChI is InChI=1S/C16H22F2N2O3/c1-2-23-16(22)20-9-7-19(8-10-20)6-5-15(21)13-11-12(17)3-4-14(13)18/h3-4,11,15,21H,2,5-10H2,1H3. The predicted octanol–water partition coefficient (Wildman–Crippen LogP) is 2.16. The van der Waals surface area contributed by atoms with Crippen molar-refractivity contribution in [1.82, 2.24) is 9.80 Å². The normalized spacial score (nSPS) is 17.1. The number of piperazine rings is 1. The van der Waals surface area contributed by atoms with Crippen molar-refractivity contribution in [1.29, 1.82) is 0 Å². The highest BCUT2D eigenvalue weighted by molar-refractivity contribution is 5.67. The van der Waals surface area contributed by atoms with Gasteiger partial charge in [-0.2, -0.15) is 0 Å². The fourth-order valence-corrected chi connectivity index (χ4v) is 2.60. The summed E-state index contributed by atoms with van der Waals surface area (Å²) in [7, 11) is 0. The highest BCUT2D eigenvalue weighted by Gasteiger charge is 2.22. The number of benzene rings is 1. The van der Waals surface area contributed by atoms with E-state index in [2.05, 4.69) is 4.90 Å². The van der Waals surface area contributed by atoms with Crippen LogP contribution in [0.4, 0.5) is 13.6 Å². The largest absolute Gasteiger partial charge is 0.450 e. The third-order valence-electron chi connectivity index (χ3n) is 3.93. The molecule has 1 unspecified atom stereocenters. The molecule has 1 heterocycles. The van der Waals surface area contributed by atoms with Crippen LogP contribution in [-0.4, -0.2) is 60.3 Å². The van der Waals surface area contributed by atoms with Crippen molar-refractivity contribution >= 4 is 6.09 Å². The molecule has 1 aliphatic heterocycles. The van der Waals surface area contributed by atoms with Gasteiger partial charge in [-0.1, -0.05) is 0 Å². The van der Waals surface area contributed by atoms with Crippen LogP contribution in [0.3, 0.4) is 0 Å². The molecule has 1 atom stereocenters. The first-order valence-corrected chi connectivity index (χ1v) is 7.78. The Kier molecular flexibility index (Phi) is 6.29. The van der Waals surface area contributed by atoms with Gasteiger partial charge in [0, 0.05) is 38.3 Å². The van der Waals surface area contributed by atoms with Crippen LogP contribution in [-0.2, 0) is 4.74 Å². The van der Waals surface area contributed by atoms with Gasteiger partial charge in [0.15, 0.2) is 0 Å². The van der Waals surface area contributed by atoms with Crippen molar-refractivity contribution in [2.45, 2.75) is 19.4 Å². The molecule has 0 bridgehead atoms. The summed E-state index contributed by atoms with van der Waals surface area (Å²) in [5, 5.41) is 10.0. The SMILES string of the molecule is CCOC(=O)N1CCN(CCC(O)c2cc(F)ccc2F)CC1. The van der Waals surface area contributed by atoms with Crippen LogP contribution in [0.25, 0.3) is 0 Å². The Labute approximate surface area is 134 Å². The summed E-state index contributed by atoms with van der Waals surface area (Å²) in [6, 6.07) is 3.07. The van der Waals surface area contributed by atoms with Crippen LogP contribution in [0.2, 0.25) is 0 Å². The van der Waals surface area contributed by atoms with Crippen LogP contribution in [0, 0.1) is 11.6 Å². The van der Waals surface area contributed by atoms with Gasteiger partial charge >= 0.3 is 6.09 Å². The molecule has 1 saturated heterocycles. The molecule has 1 fully saturated rings. The van der Waals surface area contributed by atoms with Crippen LogP contribution >= 0.6 is 0 Å². The van der Waals surface area contributed by atoms with Crippen molar-refractivity contribution < 1.29 is 23.4 Å². The second kappa shape index (κ2) is 8.21. The van der Waals surface area contributed by atoms with Gasteiger partial charge in [0.1, 0.15) is 11.6 Å². The van der Waals surface area contributed by atoms with E-state index < -0.39 is 17.7 Å². The maximum Gasteiger partial charge on any atom is 0.409 e. The summed E-state index contributed by atoms with van der Waals surface area (Å²) in [6.45, 7) is 5.11. The van der Waals surface area contributed by atoms with Crippen LogP contribution in [0.15, 0.2) is 18.2 Å². The lowest BCUT2D eigenvalue weighted by molar-refractivity contribution is 0.0721. The van der Waals surface area contributed by atoms with E-state index in [-0.39, 0.29) is 11.7 Å². The number of aliphatic hydroxyl groups excluding tert-OH is 1. The van der Waals surface area contributed by atoms with Gasteiger partial charge < -0.3 is 14.7 Å². The highest BCUT2D eigenvalue weighted by atomic mass is 19.1. The average molecular weight is 328 g/mol. The average Bonchev–Trinajstić information content (AvgIpc) is 2.55. The first-order valence-electron chi connectivity index (χ1n) is 7.78. The predicted molar refractivity (Wildman–Crippen MR) is 81.0 cm³/mol. The molecule has 1 aliphatic rings. The van der Waals surface area contributed by atoms with E-state index in [9.17, 15) is 18.7 Å². The first kappa shape index (κ1) is 17.6. The monoisotopic (exact) mass is 328 g/mol. The first-order chi connectivity index (χ1) is 11.0. The number of carbonyl (C=O) groups excluding carboxylic acids is 1. The van der Waals surface area contributed by atoms with Crippen LogP contribution in [0.1, 0.15) is 25.0 Å². The van der Waals surface area contributed by atoms with Gasteiger partial charge in [0.25, 0.3) is 0 Å². The topological polar surface area (TPSA) is 53.0 Å². The summed E-state index contributed by atoms with van der Waals surface area (Å²) < 4.78 is 31.7. The van der Waals surface area contributed by atoms with E-state index in [4.69, 9.17) is 4.74 Å². The van der Waals surface area contributed by atoms with Crippen molar-refractivity contribution in [2.24, 2.45) is 0 Å². The third-order valence-corrected chi connectivity index (χ3v) is 3.93. The lowest BCUT2D eigenvalue weighted by Crippen LogP contribution is -2.49. The number of halogens is 2. The number of rotatable bonds is 5. The van der Waals surface area contributed by atoms with Gasteiger partial charge in [0.2, 0.25) is 0 Å². The molecule has 0 saturated carbocycles. The van der Waals surface area contributed by atoms with Crippen molar-refractivity contribution in [3.05, 3.63) is 35.4 Å². The quantitative estimate of drug-likeness (QED) is 0.900. The fourth-order valence-electron chi connectivity index (χ4n) is 2.60. The molecule has 1 aromatic carbocycles. The second-order valence-electron chi connectivity index (χ2n) is 5.50. The molecule has 0 aliphatic carbocycles. The smallest absolute Gasteiger partial charge is 0.409 e. The molecule has 0 spiro atoms. The number of amides is 1. The summed E-state index contributed by atoms with van der Waals surface area (Å²) in [5.74, 6) is -1.17. The Balaban J connectivity index is 1.79. The number of hydrogen-bond donors (Lipinski definition) is 1. The van der Waals surface area contributed by atoms with Crippen molar-refractivity contribution in [3.63, 3.8) is 0 Å². The zero-order valence-electron chi connectivity index (χ0n) is 13.2. The maximum atomic E-state index is 13.6. The van der Waals surface area contributed by atoms with E-state index >= 15 is 0 Å². The van der Waals surface area contributed by atoms with Gasteiger partial charge in [-0.25, -0.2) is 13.6 Å². The highest BCUT2D eigenvalue weighted by Crippen LogP contribution is 2.21. The lowest BCUT2D eigenvalue weighted by atomic mass is 10.1. The maximum absolute atomic E-state index is 13.6. The minimum Gasteiger partial charge on any atom is -0.450 e. The number of ether oxygens (including phenoxy) is 1. The van der Waals surface area contributed by atoms with E-state index in [1.807, 2.05) is 0 Å². The van der Waals surface area contributed by atoms with Crippen LogP contribution in [0.5, 0.6) is 0 Å². The second-order valence-corrected chi connectivity index (χ2v) is 5.50. The molecular weight excluding hydrogens is 306 g/mol. The molecule has 5 nitrogen and oxygen atoms in total. The Morgan fingerprint density at radius 2 is 2.00 bits per heavy atom. The lowest BCUT2D eigenvalue weighted by Gasteiger charge is -2.34. The summed E-state index contributed by atoms with van der Waals surface area (Å²) in [4.78, 5) is 15.3. The molecule has 2 rings (SSSR count). The molecular formula is C16H22F2N2O3. The van der Waals surface area contributed by atoms with Crippen LogP contribution < -0.4 is 0 Å². The van der Waals surface area contributed by atoms with Crippen molar-refractivity contribution in [3.8, 4) is 0 Å². The van der Waals surface area contributed by atoms with Gasteiger partial charge in [0.05, 0.1) is 12.7 Å². The van der Waals surface area contributed by atoms with Gasteiger partial charge in [-0.15, -0.1) is 0 Å². The summed E-state index contributed by atoms with van der Waals surface area (Å²) in [5.41, 5.74) is -0.0184. The van der Waals surface area contributed by atoms with E-state index in [1.54, 1.807) is 11.8 Å². The third kappa shape index (κ3) is 4.87.